The highest BCUT2D eigenvalue weighted by Crippen LogP contribution is 2.40. The average molecular weight is 518 g/mol. The molecule has 0 spiro atoms. The third kappa shape index (κ3) is 3.91. The summed E-state index contributed by atoms with van der Waals surface area (Å²) in [7, 11) is 1.94. The summed E-state index contributed by atoms with van der Waals surface area (Å²) in [5.74, 6) is -1.69. The Hall–Kier alpha value is -3.45. The van der Waals surface area contributed by atoms with Gasteiger partial charge in [0.25, 0.3) is 11.9 Å². The summed E-state index contributed by atoms with van der Waals surface area (Å²) in [6, 6.07) is 6.59. The number of benzene rings is 1. The van der Waals surface area contributed by atoms with E-state index in [4.69, 9.17) is 4.42 Å². The van der Waals surface area contributed by atoms with Crippen LogP contribution in [0.5, 0.6) is 0 Å². The molecule has 1 N–H and O–H groups in total. The number of thiazole rings is 1. The van der Waals surface area contributed by atoms with Gasteiger partial charge in [0.1, 0.15) is 11.0 Å². The van der Waals surface area contributed by atoms with E-state index in [2.05, 4.69) is 24.8 Å². The van der Waals surface area contributed by atoms with E-state index in [1.54, 1.807) is 4.90 Å². The largest absolute Gasteiger partial charge is 0.437 e. The van der Waals surface area contributed by atoms with E-state index in [1.165, 1.54) is 22.6 Å². The lowest BCUT2D eigenvalue weighted by Gasteiger charge is -2.33. The Morgan fingerprint density at radius 3 is 2.67 bits per heavy atom. The van der Waals surface area contributed by atoms with E-state index in [1.807, 2.05) is 31.3 Å². The van der Waals surface area contributed by atoms with Crippen LogP contribution >= 0.6 is 11.3 Å². The van der Waals surface area contributed by atoms with Crippen LogP contribution in [0, 0.1) is 0 Å². The molecule has 1 atom stereocenters. The van der Waals surface area contributed by atoms with Crippen molar-refractivity contribution in [1.82, 2.24) is 29.7 Å². The minimum absolute atomic E-state index is 0.177. The SMILES string of the molecule is CN1CCN(c2nc(C(F)(F)F)c(C(=O)N3CCc4[nH]cnc4[C@H]3c3nc4ccccc4s3)o2)CC1. The zero-order chi connectivity index (χ0) is 25.0. The van der Waals surface area contributed by atoms with Gasteiger partial charge in [-0.25, -0.2) is 9.97 Å². The quantitative estimate of drug-likeness (QED) is 0.444. The van der Waals surface area contributed by atoms with E-state index in [9.17, 15) is 18.0 Å². The molecule has 4 aromatic rings. The number of alkyl halides is 3. The second-order valence-corrected chi connectivity index (χ2v) is 9.96. The minimum Gasteiger partial charge on any atom is -0.417 e. The summed E-state index contributed by atoms with van der Waals surface area (Å²) in [6.07, 6.45) is -2.90. The number of fused-ring (bicyclic) bond motifs is 2. The summed E-state index contributed by atoms with van der Waals surface area (Å²) in [5.41, 5.74) is 0.842. The predicted molar refractivity (Wildman–Crippen MR) is 126 cm³/mol. The van der Waals surface area contributed by atoms with Gasteiger partial charge in [-0.15, -0.1) is 11.3 Å². The number of anilines is 1. The molecule has 0 unspecified atom stereocenters. The van der Waals surface area contributed by atoms with Gasteiger partial charge in [0.05, 0.1) is 22.2 Å². The first-order valence-corrected chi connectivity index (χ1v) is 12.3. The van der Waals surface area contributed by atoms with Crippen LogP contribution in [0.3, 0.4) is 0 Å². The summed E-state index contributed by atoms with van der Waals surface area (Å²) in [5, 5.41) is 0.574. The molecule has 0 aliphatic carbocycles. The number of H-pyrrole nitrogens is 1. The van der Waals surface area contributed by atoms with Gasteiger partial charge >= 0.3 is 6.18 Å². The highest BCUT2D eigenvalue weighted by atomic mass is 32.1. The first kappa shape index (κ1) is 23.0. The van der Waals surface area contributed by atoms with Crippen LogP contribution in [0.15, 0.2) is 35.0 Å². The highest BCUT2D eigenvalue weighted by Gasteiger charge is 2.45. The van der Waals surface area contributed by atoms with E-state index < -0.39 is 29.6 Å². The molecule has 13 heteroatoms. The molecule has 188 valence electrons. The fourth-order valence-electron chi connectivity index (χ4n) is 4.66. The van der Waals surface area contributed by atoms with Crippen molar-refractivity contribution in [1.29, 1.82) is 0 Å². The summed E-state index contributed by atoms with van der Waals surface area (Å²) >= 11 is 1.38. The fraction of sp³-hybridized carbons (Fsp3) is 0.391. The molecule has 0 saturated carbocycles. The number of rotatable bonds is 3. The Bertz CT molecular complexity index is 1390. The Balaban J connectivity index is 1.41. The number of nitrogens with zero attached hydrogens (tertiary/aromatic N) is 6. The molecule has 9 nitrogen and oxygen atoms in total. The second kappa shape index (κ2) is 8.59. The average Bonchev–Trinajstić information content (AvgIpc) is 3.60. The Morgan fingerprint density at radius 2 is 1.92 bits per heavy atom. The van der Waals surface area contributed by atoms with Gasteiger partial charge in [0.2, 0.25) is 5.76 Å². The van der Waals surface area contributed by atoms with Crippen molar-refractivity contribution < 1.29 is 22.4 Å². The summed E-state index contributed by atoms with van der Waals surface area (Å²) < 4.78 is 48.6. The Morgan fingerprint density at radius 1 is 1.14 bits per heavy atom. The number of aromatic nitrogens is 4. The number of carbonyl (C=O) groups is 1. The topological polar surface area (TPSA) is 94.4 Å². The number of aromatic amines is 1. The molecule has 1 fully saturated rings. The lowest BCUT2D eigenvalue weighted by Crippen LogP contribution is -2.44. The van der Waals surface area contributed by atoms with Crippen molar-refractivity contribution in [2.75, 3.05) is 44.7 Å². The van der Waals surface area contributed by atoms with Crippen molar-refractivity contribution in [3.05, 3.63) is 58.4 Å². The predicted octanol–water partition coefficient (Wildman–Crippen LogP) is 3.57. The maximum Gasteiger partial charge on any atom is 0.437 e. The molecule has 36 heavy (non-hydrogen) atoms. The first-order chi connectivity index (χ1) is 17.3. The van der Waals surface area contributed by atoms with E-state index >= 15 is 0 Å². The maximum atomic E-state index is 14.0. The molecule has 5 heterocycles. The van der Waals surface area contributed by atoms with Gasteiger partial charge < -0.3 is 24.1 Å². The van der Waals surface area contributed by atoms with Crippen LogP contribution in [-0.2, 0) is 12.6 Å². The lowest BCUT2D eigenvalue weighted by atomic mass is 10.0. The molecule has 1 amide bonds. The molecule has 0 radical (unpaired) electrons. The molecule has 2 aliphatic heterocycles. The van der Waals surface area contributed by atoms with Gasteiger partial charge in [-0.05, 0) is 19.2 Å². The third-order valence-electron chi connectivity index (χ3n) is 6.58. The van der Waals surface area contributed by atoms with Crippen LogP contribution in [0.2, 0.25) is 0 Å². The number of oxazole rings is 1. The number of piperazine rings is 1. The number of imidazole rings is 1. The van der Waals surface area contributed by atoms with Gasteiger partial charge in [0.15, 0.2) is 5.69 Å². The van der Waals surface area contributed by atoms with Crippen LogP contribution < -0.4 is 4.90 Å². The zero-order valence-corrected chi connectivity index (χ0v) is 20.1. The highest BCUT2D eigenvalue weighted by molar-refractivity contribution is 7.18. The van der Waals surface area contributed by atoms with Gasteiger partial charge in [-0.2, -0.15) is 18.2 Å². The number of nitrogens with one attached hydrogen (secondary N) is 1. The zero-order valence-electron chi connectivity index (χ0n) is 19.2. The normalized spacial score (nSPS) is 19.2. The van der Waals surface area contributed by atoms with Gasteiger partial charge in [0, 0.05) is 44.8 Å². The van der Waals surface area contributed by atoms with Gasteiger partial charge in [-0.3, -0.25) is 4.79 Å². The second-order valence-electron chi connectivity index (χ2n) is 8.90. The van der Waals surface area contributed by atoms with Crippen LogP contribution in [-0.4, -0.2) is 75.4 Å². The fourth-order valence-corrected chi connectivity index (χ4v) is 5.75. The molecular weight excluding hydrogens is 495 g/mol. The Kier molecular flexibility index (Phi) is 5.48. The van der Waals surface area contributed by atoms with E-state index in [0.717, 1.165) is 15.9 Å². The monoisotopic (exact) mass is 517 g/mol. The summed E-state index contributed by atoms with van der Waals surface area (Å²) in [6.45, 7) is 2.39. The summed E-state index contributed by atoms with van der Waals surface area (Å²) in [4.78, 5) is 34.7. The number of hydrogen-bond donors (Lipinski definition) is 1. The van der Waals surface area contributed by atoms with Crippen LogP contribution in [0.4, 0.5) is 19.2 Å². The molecule has 1 saturated heterocycles. The van der Waals surface area contributed by atoms with E-state index in [-0.39, 0.29) is 12.6 Å². The van der Waals surface area contributed by atoms with Crippen LogP contribution in [0.25, 0.3) is 10.2 Å². The first-order valence-electron chi connectivity index (χ1n) is 11.5. The van der Waals surface area contributed by atoms with Crippen molar-refractivity contribution in [2.45, 2.75) is 18.6 Å². The molecule has 2 aliphatic rings. The molecular formula is C23H22F3N7O2S. The number of likely N-dealkylation sites (N-methyl/N-ethyl adjacent to an activating group) is 1. The molecule has 0 bridgehead atoms. The van der Waals surface area contributed by atoms with Crippen molar-refractivity contribution in [2.24, 2.45) is 0 Å². The number of hydrogen-bond acceptors (Lipinski definition) is 8. The Labute approximate surface area is 207 Å². The lowest BCUT2D eigenvalue weighted by molar-refractivity contribution is -0.141. The molecule has 3 aromatic heterocycles. The number of halogens is 3. The standard InChI is InChI=1S/C23H22F3N7O2S/c1-31-8-10-32(11-9-31)22-30-19(23(24,25)26)18(35-22)21(34)33-7-6-14-16(28-12-27-14)17(33)20-29-13-4-2-3-5-15(13)36-20/h2-5,12,17H,6-11H2,1H3,(H,27,28)/t17-/m0/s1. The minimum atomic E-state index is -4.85. The smallest absolute Gasteiger partial charge is 0.417 e. The van der Waals surface area contributed by atoms with Crippen molar-refractivity contribution in [3.63, 3.8) is 0 Å². The van der Waals surface area contributed by atoms with Gasteiger partial charge in [-0.1, -0.05) is 12.1 Å². The number of para-hydroxylation sites is 1. The third-order valence-corrected chi connectivity index (χ3v) is 7.67. The number of carbonyl (C=O) groups excluding carboxylic acids is 1. The maximum absolute atomic E-state index is 14.0. The molecule has 1 aromatic carbocycles. The van der Waals surface area contributed by atoms with Crippen molar-refractivity contribution in [3.8, 4) is 0 Å². The molecule has 6 rings (SSSR count). The van der Waals surface area contributed by atoms with Crippen molar-refractivity contribution >= 4 is 33.5 Å². The number of amides is 1. The van der Waals surface area contributed by atoms with Crippen LogP contribution in [0.1, 0.15) is 38.7 Å². The van der Waals surface area contributed by atoms with E-state index in [0.29, 0.717) is 43.3 Å².